The van der Waals surface area contributed by atoms with E-state index in [1.165, 1.54) is 6.42 Å². The normalized spacial score (nSPS) is 24.0. The van der Waals surface area contributed by atoms with Gasteiger partial charge >= 0.3 is 8.18 Å². The van der Waals surface area contributed by atoms with Gasteiger partial charge in [0.1, 0.15) is 6.10 Å². The maximum absolute atomic E-state index is 11.7. The minimum atomic E-state index is -2.30. The lowest BCUT2D eigenvalue weighted by Crippen LogP contribution is -2.24. The van der Waals surface area contributed by atoms with Crippen LogP contribution in [0.15, 0.2) is 0 Å². The summed E-state index contributed by atoms with van der Waals surface area (Å²) in [6.45, 7) is 0. The van der Waals surface area contributed by atoms with E-state index in [9.17, 15) is 14.2 Å². The van der Waals surface area contributed by atoms with Crippen molar-refractivity contribution in [3.63, 3.8) is 0 Å². The molecule has 0 N–H and O–H groups in total. The van der Waals surface area contributed by atoms with Crippen molar-refractivity contribution in [3.8, 4) is 0 Å². The van der Waals surface area contributed by atoms with Crippen molar-refractivity contribution in [1.29, 1.82) is 0 Å². The van der Waals surface area contributed by atoms with E-state index in [1.807, 2.05) is 0 Å². The van der Waals surface area contributed by atoms with Crippen LogP contribution < -0.4 is 0 Å². The summed E-state index contributed by atoms with van der Waals surface area (Å²) in [5.74, 6) is -0.746. The van der Waals surface area contributed by atoms with Crippen molar-refractivity contribution in [2.75, 3.05) is 0 Å². The summed E-state index contributed by atoms with van der Waals surface area (Å²) in [5.41, 5.74) is 0. The van der Waals surface area contributed by atoms with Crippen LogP contribution >= 0.6 is 8.18 Å². The molecule has 16 heavy (non-hydrogen) atoms. The van der Waals surface area contributed by atoms with Crippen molar-refractivity contribution in [1.82, 2.24) is 4.67 Å². The predicted molar refractivity (Wildman–Crippen MR) is 56.7 cm³/mol. The molecule has 1 aliphatic carbocycles. The highest BCUT2D eigenvalue weighted by Gasteiger charge is 2.47. The molecule has 5 nitrogen and oxygen atoms in total. The first kappa shape index (κ1) is 11.7. The van der Waals surface area contributed by atoms with E-state index in [2.05, 4.69) is 0 Å². The number of nitrogens with zero attached hydrogens (tertiary/aromatic N) is 1. The fourth-order valence-corrected chi connectivity index (χ4v) is 3.22. The number of hydrogen-bond acceptors (Lipinski definition) is 4. The average Bonchev–Trinajstić information content (AvgIpc) is 2.60. The van der Waals surface area contributed by atoms with E-state index in [-0.39, 0.29) is 30.8 Å². The second-order valence-corrected chi connectivity index (χ2v) is 5.29. The average molecular weight is 244 g/mol. The number of hydrogen-bond donors (Lipinski definition) is 0. The Bertz CT molecular complexity index is 309. The van der Waals surface area contributed by atoms with E-state index < -0.39 is 8.18 Å². The maximum atomic E-state index is 11.7. The Labute approximate surface area is 95.1 Å². The largest absolute Gasteiger partial charge is 0.656 e. The van der Waals surface area contributed by atoms with E-state index in [1.54, 1.807) is 0 Å². The van der Waals surface area contributed by atoms with Crippen LogP contribution in [0.2, 0.25) is 0 Å². The molecule has 2 fully saturated rings. The molecular formula is C10H15NO4P+. The summed E-state index contributed by atoms with van der Waals surface area (Å²) in [5, 5.41) is 0. The van der Waals surface area contributed by atoms with Gasteiger partial charge in [-0.15, -0.1) is 4.52 Å². The summed E-state index contributed by atoms with van der Waals surface area (Å²) in [6, 6.07) is 0. The van der Waals surface area contributed by atoms with Gasteiger partial charge in [0, 0.05) is 12.8 Å². The van der Waals surface area contributed by atoms with Gasteiger partial charge in [-0.2, -0.15) is 0 Å². The highest BCUT2D eigenvalue weighted by atomic mass is 31.1. The highest BCUT2D eigenvalue weighted by molar-refractivity contribution is 7.38. The quantitative estimate of drug-likeness (QED) is 0.563. The Morgan fingerprint density at radius 1 is 1.06 bits per heavy atom. The van der Waals surface area contributed by atoms with Gasteiger partial charge in [-0.25, -0.2) is 0 Å². The molecule has 2 rings (SSSR count). The second kappa shape index (κ2) is 5.02. The van der Waals surface area contributed by atoms with Crippen LogP contribution in [0.3, 0.4) is 0 Å². The van der Waals surface area contributed by atoms with Gasteiger partial charge in [-0.1, -0.05) is 19.3 Å². The van der Waals surface area contributed by atoms with Crippen molar-refractivity contribution in [3.05, 3.63) is 0 Å². The van der Waals surface area contributed by atoms with Crippen LogP contribution in [-0.2, 0) is 18.7 Å². The number of rotatable bonds is 3. The molecule has 1 saturated carbocycles. The Hall–Kier alpha value is -0.800. The summed E-state index contributed by atoms with van der Waals surface area (Å²) in [4.78, 5) is 22.6. The standard InChI is InChI=1S/C10H15NO4P/c12-9-6-7-10(13)11(9)16(14)15-8-4-2-1-3-5-8/h8H,1-7H2/q+1. The number of imide groups is 1. The van der Waals surface area contributed by atoms with Crippen molar-refractivity contribution in [2.45, 2.75) is 51.0 Å². The molecule has 0 bridgehead atoms. The van der Waals surface area contributed by atoms with Gasteiger partial charge in [0.25, 0.3) is 11.8 Å². The molecule has 1 atom stereocenters. The SMILES string of the molecule is O=C1CCC(=O)N1[P+](=O)OC1CCCCC1. The molecule has 1 aliphatic heterocycles. The fourth-order valence-electron chi connectivity index (χ4n) is 2.09. The Morgan fingerprint density at radius 2 is 1.62 bits per heavy atom. The molecule has 88 valence electrons. The molecule has 0 aromatic carbocycles. The monoisotopic (exact) mass is 244 g/mol. The van der Waals surface area contributed by atoms with Crippen molar-refractivity contribution >= 4 is 20.0 Å². The first-order valence-electron chi connectivity index (χ1n) is 5.68. The molecular weight excluding hydrogens is 229 g/mol. The zero-order chi connectivity index (χ0) is 11.5. The summed E-state index contributed by atoms with van der Waals surface area (Å²) < 4.78 is 17.8. The van der Waals surface area contributed by atoms with Crippen LogP contribution in [0, 0.1) is 0 Å². The third-order valence-corrected chi connectivity index (χ3v) is 4.23. The van der Waals surface area contributed by atoms with Gasteiger partial charge in [0.15, 0.2) is 0 Å². The lowest BCUT2D eigenvalue weighted by atomic mass is 9.98. The smallest absolute Gasteiger partial charge is 0.270 e. The molecule has 1 heterocycles. The van der Waals surface area contributed by atoms with Crippen LogP contribution in [0.5, 0.6) is 0 Å². The van der Waals surface area contributed by atoms with Crippen LogP contribution in [0.4, 0.5) is 0 Å². The summed E-state index contributed by atoms with van der Waals surface area (Å²) in [7, 11) is -2.30. The van der Waals surface area contributed by atoms with E-state index in [0.29, 0.717) is 0 Å². The van der Waals surface area contributed by atoms with Crippen LogP contribution in [0.25, 0.3) is 0 Å². The minimum Gasteiger partial charge on any atom is -0.270 e. The van der Waals surface area contributed by atoms with Crippen molar-refractivity contribution < 1.29 is 18.7 Å². The van der Waals surface area contributed by atoms with Gasteiger partial charge in [-0.05, 0) is 22.1 Å². The Balaban J connectivity index is 1.91. The van der Waals surface area contributed by atoms with Gasteiger partial charge in [0.2, 0.25) is 0 Å². The fraction of sp³-hybridized carbons (Fsp3) is 0.800. The first-order valence-corrected chi connectivity index (χ1v) is 6.81. The van der Waals surface area contributed by atoms with E-state index in [4.69, 9.17) is 4.52 Å². The van der Waals surface area contributed by atoms with Crippen molar-refractivity contribution in [2.24, 2.45) is 0 Å². The maximum Gasteiger partial charge on any atom is 0.656 e. The lowest BCUT2D eigenvalue weighted by Gasteiger charge is -2.16. The zero-order valence-corrected chi connectivity index (χ0v) is 9.95. The lowest BCUT2D eigenvalue weighted by molar-refractivity contribution is -0.132. The predicted octanol–water partition coefficient (Wildman–Crippen LogP) is 2.14. The second-order valence-electron chi connectivity index (χ2n) is 4.20. The number of carbonyl (C=O) groups excluding carboxylic acids is 2. The minimum absolute atomic E-state index is 0.0569. The first-order chi connectivity index (χ1) is 7.68. The van der Waals surface area contributed by atoms with Crippen LogP contribution in [-0.4, -0.2) is 22.6 Å². The molecule has 1 unspecified atom stereocenters. The molecule has 0 aromatic rings. The summed E-state index contributed by atoms with van der Waals surface area (Å²) >= 11 is 0. The third kappa shape index (κ3) is 2.47. The van der Waals surface area contributed by atoms with Crippen LogP contribution in [0.1, 0.15) is 44.9 Å². The molecule has 2 aliphatic rings. The molecule has 0 spiro atoms. The summed E-state index contributed by atoms with van der Waals surface area (Å²) in [6.07, 6.45) is 5.32. The van der Waals surface area contributed by atoms with E-state index >= 15 is 0 Å². The van der Waals surface area contributed by atoms with E-state index in [0.717, 1.165) is 30.4 Å². The molecule has 2 amide bonds. The number of amides is 2. The molecule has 1 saturated heterocycles. The topological polar surface area (TPSA) is 63.7 Å². The third-order valence-electron chi connectivity index (χ3n) is 2.98. The number of carbonyl (C=O) groups is 2. The molecule has 6 heteroatoms. The Morgan fingerprint density at radius 3 is 2.19 bits per heavy atom. The molecule has 0 aromatic heterocycles. The zero-order valence-electron chi connectivity index (χ0n) is 9.05. The van der Waals surface area contributed by atoms with Gasteiger partial charge < -0.3 is 0 Å². The van der Waals surface area contributed by atoms with Gasteiger partial charge in [-0.3, -0.25) is 9.59 Å². The molecule has 0 radical (unpaired) electrons. The van der Waals surface area contributed by atoms with Gasteiger partial charge in [0.05, 0.1) is 0 Å². The Kier molecular flexibility index (Phi) is 3.66. The highest BCUT2D eigenvalue weighted by Crippen LogP contribution is 2.38.